The first-order valence-corrected chi connectivity index (χ1v) is 11.3. The summed E-state index contributed by atoms with van der Waals surface area (Å²) in [5.41, 5.74) is 1.11. The van der Waals surface area contributed by atoms with E-state index in [-0.39, 0.29) is 17.4 Å². The molecule has 1 saturated carbocycles. The smallest absolute Gasteiger partial charge is 0.262 e. The van der Waals surface area contributed by atoms with Crippen LogP contribution in [0.25, 0.3) is 28.1 Å². The second-order valence-electron chi connectivity index (χ2n) is 7.81. The number of thioether (sulfide) groups is 1. The lowest BCUT2D eigenvalue weighted by molar-refractivity contribution is 0.622. The third-order valence-corrected chi connectivity index (χ3v) is 6.65. The molecule has 0 spiro atoms. The van der Waals surface area contributed by atoms with Crippen LogP contribution in [0.4, 0.5) is 4.39 Å². The van der Waals surface area contributed by atoms with Crippen LogP contribution in [0, 0.1) is 5.82 Å². The predicted molar refractivity (Wildman–Crippen MR) is 119 cm³/mol. The van der Waals surface area contributed by atoms with E-state index in [1.54, 1.807) is 31.3 Å². The molecule has 0 radical (unpaired) electrons. The summed E-state index contributed by atoms with van der Waals surface area (Å²) < 4.78 is 19.8. The van der Waals surface area contributed by atoms with Gasteiger partial charge in [-0.15, -0.1) is 20.4 Å². The summed E-state index contributed by atoms with van der Waals surface area (Å²) in [6, 6.07) is 14.3. The van der Waals surface area contributed by atoms with Gasteiger partial charge in [-0.05, 0) is 37.1 Å². The number of fused-ring (bicyclic) bond motifs is 3. The van der Waals surface area contributed by atoms with Gasteiger partial charge in [-0.3, -0.25) is 18.3 Å². The molecule has 32 heavy (non-hydrogen) atoms. The Labute approximate surface area is 185 Å². The van der Waals surface area contributed by atoms with Crippen LogP contribution in [0.3, 0.4) is 0 Å². The van der Waals surface area contributed by atoms with Crippen LogP contribution >= 0.6 is 11.8 Å². The Morgan fingerprint density at radius 3 is 2.62 bits per heavy atom. The molecule has 2 aromatic carbocycles. The van der Waals surface area contributed by atoms with Gasteiger partial charge < -0.3 is 0 Å². The van der Waals surface area contributed by atoms with Crippen molar-refractivity contribution < 1.29 is 4.39 Å². The molecule has 0 amide bonds. The van der Waals surface area contributed by atoms with Gasteiger partial charge in [-0.25, -0.2) is 4.39 Å². The highest BCUT2D eigenvalue weighted by Gasteiger charge is 2.31. The number of halogens is 1. The Morgan fingerprint density at radius 1 is 1.03 bits per heavy atom. The summed E-state index contributed by atoms with van der Waals surface area (Å²) in [6.07, 6.45) is 2.04. The van der Waals surface area contributed by atoms with Crippen molar-refractivity contribution in [2.45, 2.75) is 29.8 Å². The highest BCUT2D eigenvalue weighted by Crippen LogP contribution is 2.41. The standard InChI is InChI=1S/C22H18FN7OS/c1-28-20(31)15-7-3-5-9-17(15)30-18(24-26-21(28)30)12-32-22-27-25-19(29(22)13-10-11-13)14-6-2-4-8-16(14)23/h2-9,13H,10-12H2,1H3. The lowest BCUT2D eigenvalue weighted by Gasteiger charge is -2.10. The minimum Gasteiger partial charge on any atom is -0.299 e. The number of hydrogen-bond acceptors (Lipinski definition) is 6. The zero-order valence-electron chi connectivity index (χ0n) is 17.1. The monoisotopic (exact) mass is 447 g/mol. The van der Waals surface area contributed by atoms with Crippen molar-refractivity contribution in [1.82, 2.24) is 33.9 Å². The third-order valence-electron chi connectivity index (χ3n) is 5.71. The molecule has 0 atom stereocenters. The SMILES string of the molecule is Cn1c(=O)c2ccccc2n2c(CSc3nnc(-c4ccccc4F)n3C3CC3)nnc12. The van der Waals surface area contributed by atoms with Crippen molar-refractivity contribution in [3.05, 3.63) is 70.5 Å². The Balaban J connectivity index is 1.41. The molecule has 10 heteroatoms. The number of aromatic nitrogens is 7. The van der Waals surface area contributed by atoms with Gasteiger partial charge in [0.15, 0.2) is 11.0 Å². The van der Waals surface area contributed by atoms with Gasteiger partial charge in [0, 0.05) is 13.1 Å². The van der Waals surface area contributed by atoms with Crippen LogP contribution < -0.4 is 5.56 Å². The fourth-order valence-corrected chi connectivity index (χ4v) is 4.90. The molecule has 8 nitrogen and oxygen atoms in total. The fraction of sp³-hybridized carbons (Fsp3) is 0.227. The molecule has 0 aliphatic heterocycles. The Hall–Kier alpha value is -3.53. The topological polar surface area (TPSA) is 82.9 Å². The molecule has 1 fully saturated rings. The summed E-state index contributed by atoms with van der Waals surface area (Å²) in [5.74, 6) is 1.90. The van der Waals surface area contributed by atoms with Crippen LogP contribution in [0.15, 0.2) is 58.5 Å². The van der Waals surface area contributed by atoms with Gasteiger partial charge in [0.05, 0.1) is 22.2 Å². The molecule has 0 bridgehead atoms. The second kappa shape index (κ2) is 7.27. The minimum atomic E-state index is -0.311. The Morgan fingerprint density at radius 2 is 1.81 bits per heavy atom. The normalized spacial score (nSPS) is 13.9. The number of rotatable bonds is 5. The van der Waals surface area contributed by atoms with Crippen molar-refractivity contribution in [1.29, 1.82) is 0 Å². The molecule has 0 N–H and O–H groups in total. The third kappa shape index (κ3) is 2.94. The predicted octanol–water partition coefficient (Wildman–Crippen LogP) is 3.61. The minimum absolute atomic E-state index is 0.109. The van der Waals surface area contributed by atoms with Crippen LogP contribution in [0.1, 0.15) is 24.7 Å². The largest absolute Gasteiger partial charge is 0.299 e. The molecule has 0 saturated heterocycles. The van der Waals surface area contributed by atoms with Crippen LogP contribution in [0.2, 0.25) is 0 Å². The maximum Gasteiger partial charge on any atom is 0.262 e. The summed E-state index contributed by atoms with van der Waals surface area (Å²) in [4.78, 5) is 12.6. The number of nitrogens with zero attached hydrogens (tertiary/aromatic N) is 7. The molecule has 0 unspecified atom stereocenters. The van der Waals surface area contributed by atoms with Crippen molar-refractivity contribution in [3.63, 3.8) is 0 Å². The van der Waals surface area contributed by atoms with E-state index < -0.39 is 0 Å². The average Bonchev–Trinajstić information content (AvgIpc) is 3.42. The lowest BCUT2D eigenvalue weighted by atomic mass is 10.2. The van der Waals surface area contributed by atoms with Crippen LogP contribution in [0.5, 0.6) is 0 Å². The van der Waals surface area contributed by atoms with Gasteiger partial charge in [-0.2, -0.15) is 0 Å². The zero-order valence-corrected chi connectivity index (χ0v) is 18.0. The number of hydrogen-bond donors (Lipinski definition) is 0. The van der Waals surface area contributed by atoms with Gasteiger partial charge in [0.1, 0.15) is 11.6 Å². The van der Waals surface area contributed by atoms with E-state index in [0.717, 1.165) is 23.5 Å². The Bertz CT molecular complexity index is 1550. The molecule has 3 aromatic heterocycles. The van der Waals surface area contributed by atoms with Gasteiger partial charge in [0.25, 0.3) is 5.56 Å². The summed E-state index contributed by atoms with van der Waals surface area (Å²) in [6.45, 7) is 0. The molecule has 6 rings (SSSR count). The van der Waals surface area contributed by atoms with Gasteiger partial charge in [0.2, 0.25) is 5.78 Å². The van der Waals surface area contributed by atoms with E-state index in [1.807, 2.05) is 27.2 Å². The maximum atomic E-state index is 14.4. The number of para-hydroxylation sites is 1. The van der Waals surface area contributed by atoms with E-state index in [0.29, 0.717) is 34.1 Å². The van der Waals surface area contributed by atoms with Crippen molar-refractivity contribution in [3.8, 4) is 11.4 Å². The van der Waals surface area contributed by atoms with Crippen molar-refractivity contribution in [2.24, 2.45) is 7.05 Å². The Kier molecular flexibility index (Phi) is 4.35. The average molecular weight is 447 g/mol. The fourth-order valence-electron chi connectivity index (χ4n) is 3.98. The van der Waals surface area contributed by atoms with Gasteiger partial charge in [-0.1, -0.05) is 36.0 Å². The van der Waals surface area contributed by atoms with Crippen LogP contribution in [-0.2, 0) is 12.8 Å². The first-order chi connectivity index (χ1) is 15.6. The van der Waals surface area contributed by atoms with Crippen LogP contribution in [-0.4, -0.2) is 33.9 Å². The maximum absolute atomic E-state index is 14.4. The highest BCUT2D eigenvalue weighted by molar-refractivity contribution is 7.98. The van der Waals surface area contributed by atoms with E-state index >= 15 is 0 Å². The summed E-state index contributed by atoms with van der Waals surface area (Å²) in [5, 5.41) is 18.6. The zero-order chi connectivity index (χ0) is 21.8. The number of benzene rings is 2. The van der Waals surface area contributed by atoms with E-state index in [1.165, 1.54) is 22.4 Å². The molecule has 1 aliphatic rings. The van der Waals surface area contributed by atoms with Crippen molar-refractivity contribution >= 4 is 28.4 Å². The highest BCUT2D eigenvalue weighted by atomic mass is 32.2. The first-order valence-electron chi connectivity index (χ1n) is 10.3. The summed E-state index contributed by atoms with van der Waals surface area (Å²) in [7, 11) is 1.69. The molecular weight excluding hydrogens is 429 g/mol. The van der Waals surface area contributed by atoms with E-state index in [9.17, 15) is 9.18 Å². The van der Waals surface area contributed by atoms with E-state index in [2.05, 4.69) is 20.4 Å². The lowest BCUT2D eigenvalue weighted by Crippen LogP contribution is -2.20. The second-order valence-corrected chi connectivity index (χ2v) is 8.75. The molecule has 3 heterocycles. The van der Waals surface area contributed by atoms with E-state index in [4.69, 9.17) is 0 Å². The quantitative estimate of drug-likeness (QED) is 0.383. The molecule has 160 valence electrons. The summed E-state index contributed by atoms with van der Waals surface area (Å²) >= 11 is 1.48. The number of aryl methyl sites for hydroxylation is 1. The van der Waals surface area contributed by atoms with Gasteiger partial charge >= 0.3 is 0 Å². The van der Waals surface area contributed by atoms with Crippen molar-refractivity contribution in [2.75, 3.05) is 0 Å². The molecule has 1 aliphatic carbocycles. The molecular formula is C22H18FN7OS. The molecule has 5 aromatic rings. The first kappa shape index (κ1) is 19.2.